The molecule has 11 nitrogen and oxygen atoms in total. The smallest absolute Gasteiger partial charge is 0.255 e. The van der Waals surface area contributed by atoms with Crippen molar-refractivity contribution in [2.45, 2.75) is 38.8 Å². The number of rotatable bonds is 8. The zero-order valence-electron chi connectivity index (χ0n) is 23.3. The van der Waals surface area contributed by atoms with Crippen LogP contribution in [0.4, 0.5) is 40.3 Å². The van der Waals surface area contributed by atoms with Crippen LogP contribution in [-0.2, 0) is 4.79 Å². The number of fused-ring (bicyclic) bond motifs is 1. The molecule has 2 aromatic carbocycles. The number of nitrogens with two attached hydrogens (primary N) is 1. The van der Waals surface area contributed by atoms with Crippen LogP contribution in [0.25, 0.3) is 0 Å². The number of benzene rings is 2. The van der Waals surface area contributed by atoms with Gasteiger partial charge in [0.15, 0.2) is 11.6 Å². The number of aromatic nitrogens is 2. The molecular formula is C30H35N9O2. The highest BCUT2D eigenvalue weighted by atomic mass is 16.2. The van der Waals surface area contributed by atoms with E-state index in [1.54, 1.807) is 24.3 Å². The number of piperidine rings is 1. The van der Waals surface area contributed by atoms with E-state index in [9.17, 15) is 9.59 Å². The van der Waals surface area contributed by atoms with Gasteiger partial charge in [-0.05, 0) is 75.2 Å². The minimum absolute atomic E-state index is 0.0846. The molecule has 1 aromatic heterocycles. The van der Waals surface area contributed by atoms with Crippen LogP contribution in [0, 0.1) is 0 Å². The van der Waals surface area contributed by atoms with Crippen LogP contribution < -0.4 is 31.5 Å². The van der Waals surface area contributed by atoms with Gasteiger partial charge < -0.3 is 31.5 Å². The van der Waals surface area contributed by atoms with Gasteiger partial charge in [0, 0.05) is 54.0 Å². The summed E-state index contributed by atoms with van der Waals surface area (Å²) in [5.41, 5.74) is 9.33. The zero-order chi connectivity index (χ0) is 28.9. The quantitative estimate of drug-likeness (QED) is 0.300. The lowest BCUT2D eigenvalue weighted by atomic mass is 10.1. The first kappa shape index (κ1) is 27.8. The van der Waals surface area contributed by atoms with Gasteiger partial charge in [0.25, 0.3) is 5.91 Å². The predicted molar refractivity (Wildman–Crippen MR) is 165 cm³/mol. The normalized spacial score (nSPS) is 16.2. The Balaban J connectivity index is 1.38. The number of hydrogen-bond acceptors (Lipinski definition) is 9. The van der Waals surface area contributed by atoms with Crippen LogP contribution in [0.2, 0.25) is 0 Å². The number of carbonyl (C=O) groups is 2. The van der Waals surface area contributed by atoms with Gasteiger partial charge in [0.1, 0.15) is 5.69 Å². The number of nitrogens with one attached hydrogen (secondary N) is 3. The molecule has 0 bridgehead atoms. The molecule has 3 aromatic rings. The fraction of sp³-hybridized carbons (Fsp3) is 0.300. The van der Waals surface area contributed by atoms with Crippen LogP contribution in [0.1, 0.15) is 37.0 Å². The standard InChI is InChI=1S/C30H35N9O2/c1-4-25(40)33-22-12-10-20(11-13-22)29(41)35-24-9-5-8-23(17-24)34-27-26-28(39(19(2)3)16-14-32-26)37-30(36-27)38-15-6-7-21(31)18-38/h4-5,8-14,17,19,21H,1,6-7,15-16,18,31H2,2-3H3,(H,33,40)(H,35,41)(H,34,36,37). The minimum Gasteiger partial charge on any atom is -0.347 e. The second kappa shape index (κ2) is 12.2. The number of aliphatic imine (C=N–C) groups is 1. The Morgan fingerprint density at radius 2 is 1.85 bits per heavy atom. The second-order valence-corrected chi connectivity index (χ2v) is 10.4. The maximum atomic E-state index is 12.9. The van der Waals surface area contributed by atoms with Crippen molar-refractivity contribution in [2.75, 3.05) is 45.4 Å². The van der Waals surface area contributed by atoms with E-state index in [1.807, 2.05) is 30.5 Å². The third-order valence-corrected chi connectivity index (χ3v) is 6.97. The van der Waals surface area contributed by atoms with Crippen molar-refractivity contribution in [2.24, 2.45) is 10.7 Å². The summed E-state index contributed by atoms with van der Waals surface area (Å²) in [5, 5.41) is 9.02. The summed E-state index contributed by atoms with van der Waals surface area (Å²) in [5.74, 6) is 1.41. The summed E-state index contributed by atoms with van der Waals surface area (Å²) in [4.78, 5) is 43.3. The Labute approximate surface area is 239 Å². The Morgan fingerprint density at radius 1 is 1.07 bits per heavy atom. The fourth-order valence-corrected chi connectivity index (χ4v) is 4.85. The summed E-state index contributed by atoms with van der Waals surface area (Å²) < 4.78 is 0. The molecule has 212 valence electrons. The highest BCUT2D eigenvalue weighted by Gasteiger charge is 2.27. The van der Waals surface area contributed by atoms with E-state index in [0.717, 1.165) is 30.9 Å². The van der Waals surface area contributed by atoms with Gasteiger partial charge in [-0.25, -0.2) is 0 Å². The van der Waals surface area contributed by atoms with Crippen LogP contribution >= 0.6 is 0 Å². The van der Waals surface area contributed by atoms with E-state index in [1.165, 1.54) is 6.08 Å². The first-order valence-electron chi connectivity index (χ1n) is 13.7. The summed E-state index contributed by atoms with van der Waals surface area (Å²) in [6.07, 6.45) is 5.04. The third-order valence-electron chi connectivity index (χ3n) is 6.97. The highest BCUT2D eigenvalue weighted by molar-refractivity contribution is 6.05. The molecule has 11 heteroatoms. The van der Waals surface area contributed by atoms with Crippen LogP contribution in [0.15, 0.2) is 66.2 Å². The molecule has 5 rings (SSSR count). The molecule has 41 heavy (non-hydrogen) atoms. The van der Waals surface area contributed by atoms with E-state index < -0.39 is 0 Å². The van der Waals surface area contributed by atoms with Crippen LogP contribution in [-0.4, -0.2) is 59.7 Å². The number of hydrogen-bond donors (Lipinski definition) is 4. The molecule has 2 aliphatic heterocycles. The lowest BCUT2D eigenvalue weighted by Gasteiger charge is -2.34. The van der Waals surface area contributed by atoms with E-state index in [0.29, 0.717) is 47.5 Å². The number of anilines is 6. The lowest BCUT2D eigenvalue weighted by Crippen LogP contribution is -2.44. The van der Waals surface area contributed by atoms with Crippen LogP contribution in [0.3, 0.4) is 0 Å². The first-order chi connectivity index (χ1) is 19.8. The molecule has 0 aliphatic carbocycles. The Bertz CT molecular complexity index is 1470. The summed E-state index contributed by atoms with van der Waals surface area (Å²) in [6.45, 7) is 9.92. The molecule has 1 fully saturated rings. The molecule has 1 atom stereocenters. The maximum Gasteiger partial charge on any atom is 0.255 e. The number of carbonyl (C=O) groups excluding carboxylic acids is 2. The lowest BCUT2D eigenvalue weighted by molar-refractivity contribution is -0.111. The maximum absolute atomic E-state index is 12.9. The van der Waals surface area contributed by atoms with Gasteiger partial charge in [-0.15, -0.1) is 0 Å². The molecular weight excluding hydrogens is 518 g/mol. The van der Waals surface area contributed by atoms with Crippen molar-refractivity contribution in [3.63, 3.8) is 0 Å². The van der Waals surface area contributed by atoms with Gasteiger partial charge >= 0.3 is 0 Å². The molecule has 2 amide bonds. The fourth-order valence-electron chi connectivity index (χ4n) is 4.85. The molecule has 0 radical (unpaired) electrons. The molecule has 0 saturated carbocycles. The van der Waals surface area contributed by atoms with E-state index in [2.05, 4.69) is 51.2 Å². The van der Waals surface area contributed by atoms with E-state index >= 15 is 0 Å². The van der Waals surface area contributed by atoms with Crippen molar-refractivity contribution in [1.82, 2.24) is 9.97 Å². The molecule has 2 aliphatic rings. The predicted octanol–water partition coefficient (Wildman–Crippen LogP) is 4.46. The topological polar surface area (TPSA) is 141 Å². The molecule has 0 spiro atoms. The molecule has 1 unspecified atom stereocenters. The molecule has 3 heterocycles. The zero-order valence-corrected chi connectivity index (χ0v) is 23.3. The first-order valence-corrected chi connectivity index (χ1v) is 13.7. The highest BCUT2D eigenvalue weighted by Crippen LogP contribution is 2.39. The van der Waals surface area contributed by atoms with Crippen molar-refractivity contribution < 1.29 is 9.59 Å². The van der Waals surface area contributed by atoms with Gasteiger partial charge in [0.2, 0.25) is 11.9 Å². The SMILES string of the molecule is C=CC(=O)Nc1ccc(C(=O)Nc2cccc(Nc3nc(N4CCCC(N)C4)nc4c3N=CCN4C(C)C)c2)cc1. The Kier molecular flexibility index (Phi) is 8.25. The van der Waals surface area contributed by atoms with Crippen molar-refractivity contribution >= 4 is 58.4 Å². The molecule has 1 saturated heterocycles. The van der Waals surface area contributed by atoms with Crippen molar-refractivity contribution in [3.05, 3.63) is 66.7 Å². The summed E-state index contributed by atoms with van der Waals surface area (Å²) in [7, 11) is 0. The monoisotopic (exact) mass is 553 g/mol. The van der Waals surface area contributed by atoms with E-state index in [-0.39, 0.29) is 23.9 Å². The summed E-state index contributed by atoms with van der Waals surface area (Å²) in [6, 6.07) is 14.4. The summed E-state index contributed by atoms with van der Waals surface area (Å²) >= 11 is 0. The largest absolute Gasteiger partial charge is 0.347 e. The molecule has 5 N–H and O–H groups in total. The van der Waals surface area contributed by atoms with Gasteiger partial charge in [0.05, 0.1) is 6.54 Å². The van der Waals surface area contributed by atoms with Gasteiger partial charge in [-0.1, -0.05) is 12.6 Å². The van der Waals surface area contributed by atoms with Gasteiger partial charge in [-0.3, -0.25) is 14.6 Å². The average Bonchev–Trinajstić information content (AvgIpc) is 2.97. The number of amides is 2. The second-order valence-electron chi connectivity index (χ2n) is 10.4. The van der Waals surface area contributed by atoms with Crippen molar-refractivity contribution in [3.8, 4) is 0 Å². The third kappa shape index (κ3) is 6.52. The van der Waals surface area contributed by atoms with Gasteiger partial charge in [-0.2, -0.15) is 9.97 Å². The van der Waals surface area contributed by atoms with E-state index in [4.69, 9.17) is 15.7 Å². The number of nitrogens with zero attached hydrogens (tertiary/aromatic N) is 5. The van der Waals surface area contributed by atoms with Crippen LogP contribution in [0.5, 0.6) is 0 Å². The average molecular weight is 554 g/mol. The Hall–Kier alpha value is -4.77. The Morgan fingerprint density at radius 3 is 2.59 bits per heavy atom. The minimum atomic E-state index is -0.314. The van der Waals surface area contributed by atoms with Crippen molar-refractivity contribution in [1.29, 1.82) is 0 Å².